The average Bonchev–Trinajstić information content (AvgIpc) is 3.08. The topological polar surface area (TPSA) is 58.5 Å². The van der Waals surface area contributed by atoms with E-state index < -0.39 is 11.9 Å². The number of hydrogen-bond acceptors (Lipinski definition) is 4. The molecule has 0 spiro atoms. The molecule has 0 aliphatic heterocycles. The van der Waals surface area contributed by atoms with Crippen LogP contribution in [-0.4, -0.2) is 31.6 Å². The fraction of sp³-hybridized carbons (Fsp3) is 0.375. The van der Waals surface area contributed by atoms with Gasteiger partial charge in [-0.15, -0.1) is 35.3 Å². The molecule has 26 heavy (non-hydrogen) atoms. The molecule has 1 heterocycles. The summed E-state index contributed by atoms with van der Waals surface area (Å²) in [7, 11) is 3.22. The molecule has 0 saturated heterocycles. The maximum absolute atomic E-state index is 12.5. The summed E-state index contributed by atoms with van der Waals surface area (Å²) < 4.78 is 42.7. The van der Waals surface area contributed by atoms with Crippen molar-refractivity contribution in [3.05, 3.63) is 45.9 Å². The molecule has 144 valence electrons. The molecule has 0 radical (unpaired) electrons. The molecule has 0 unspecified atom stereocenters. The van der Waals surface area contributed by atoms with Gasteiger partial charge in [0, 0.05) is 19.0 Å². The van der Waals surface area contributed by atoms with Gasteiger partial charge in [-0.3, -0.25) is 4.99 Å². The number of rotatable bonds is 6. The lowest BCUT2D eigenvalue weighted by Crippen LogP contribution is -2.37. The molecule has 0 bridgehead atoms. The summed E-state index contributed by atoms with van der Waals surface area (Å²) >= 11 is 0.965. The van der Waals surface area contributed by atoms with Gasteiger partial charge in [0.2, 0.25) is 0 Å². The minimum atomic E-state index is -4.41. The summed E-state index contributed by atoms with van der Waals surface area (Å²) in [4.78, 5) is 7.61. The summed E-state index contributed by atoms with van der Waals surface area (Å²) in [5.74, 6) is 1.31. The second-order valence-corrected chi connectivity index (χ2v) is 6.02. The zero-order chi connectivity index (χ0) is 18.3. The van der Waals surface area contributed by atoms with Gasteiger partial charge in [0.05, 0.1) is 13.7 Å². The van der Waals surface area contributed by atoms with Crippen LogP contribution in [0.25, 0.3) is 0 Å². The lowest BCUT2D eigenvalue weighted by atomic mass is 10.1. The van der Waals surface area contributed by atoms with Crippen molar-refractivity contribution in [2.75, 3.05) is 20.7 Å². The van der Waals surface area contributed by atoms with Crippen LogP contribution in [0.2, 0.25) is 0 Å². The first-order valence-corrected chi connectivity index (χ1v) is 8.39. The number of aromatic nitrogens is 1. The Morgan fingerprint density at radius 3 is 2.46 bits per heavy atom. The highest BCUT2D eigenvalue weighted by Crippen LogP contribution is 2.29. The molecule has 0 aliphatic rings. The van der Waals surface area contributed by atoms with Crippen LogP contribution in [0, 0.1) is 0 Å². The van der Waals surface area contributed by atoms with Gasteiger partial charge in [-0.25, -0.2) is 4.98 Å². The van der Waals surface area contributed by atoms with Crippen molar-refractivity contribution < 1.29 is 17.9 Å². The number of ether oxygens (including phenoxy) is 1. The number of nitrogens with one attached hydrogen (secondary N) is 2. The standard InChI is InChI=1S/C16H19F3N4OS.HI/c1-20-15(21-8-7-11-3-5-12(24-2)6-4-11)22-9-14-23-13(10-25-14)16(17,18)19;/h3-6,10H,7-9H2,1-2H3,(H2,20,21,22);1H. The zero-order valence-electron chi connectivity index (χ0n) is 14.3. The number of halogens is 4. The number of guanidine groups is 1. The van der Waals surface area contributed by atoms with Gasteiger partial charge in [-0.05, 0) is 24.1 Å². The molecule has 1 aromatic heterocycles. The number of nitrogens with zero attached hydrogens (tertiary/aromatic N) is 2. The van der Waals surface area contributed by atoms with Crippen LogP contribution in [0.5, 0.6) is 5.75 Å². The number of aliphatic imine (C=N–C) groups is 1. The molecule has 2 N–H and O–H groups in total. The fourth-order valence-electron chi connectivity index (χ4n) is 2.02. The third-order valence-corrected chi connectivity index (χ3v) is 4.19. The molecule has 1 aromatic carbocycles. The van der Waals surface area contributed by atoms with E-state index >= 15 is 0 Å². The quantitative estimate of drug-likeness (QED) is 0.361. The molecule has 0 aliphatic carbocycles. The number of methoxy groups -OCH3 is 1. The lowest BCUT2D eigenvalue weighted by Gasteiger charge is -2.11. The Balaban J connectivity index is 0.00000338. The molecular formula is C16H20F3IN4OS. The summed E-state index contributed by atoms with van der Waals surface area (Å²) in [5.41, 5.74) is 0.273. The second-order valence-electron chi connectivity index (χ2n) is 5.07. The van der Waals surface area contributed by atoms with Crippen molar-refractivity contribution >= 4 is 41.3 Å². The predicted octanol–water partition coefficient (Wildman–Crippen LogP) is 3.70. The second kappa shape index (κ2) is 10.6. The molecule has 0 amide bonds. The molecule has 5 nitrogen and oxygen atoms in total. The minimum absolute atomic E-state index is 0. The third-order valence-electron chi connectivity index (χ3n) is 3.34. The maximum atomic E-state index is 12.5. The number of thiazole rings is 1. The van der Waals surface area contributed by atoms with E-state index in [2.05, 4.69) is 20.6 Å². The minimum Gasteiger partial charge on any atom is -0.497 e. The van der Waals surface area contributed by atoms with Gasteiger partial charge in [0.1, 0.15) is 10.8 Å². The van der Waals surface area contributed by atoms with Crippen LogP contribution >= 0.6 is 35.3 Å². The molecule has 0 atom stereocenters. The number of alkyl halides is 3. The van der Waals surface area contributed by atoms with E-state index in [0.717, 1.165) is 34.5 Å². The highest BCUT2D eigenvalue weighted by Gasteiger charge is 2.33. The van der Waals surface area contributed by atoms with E-state index in [1.54, 1.807) is 14.2 Å². The van der Waals surface area contributed by atoms with Crippen LogP contribution in [0.15, 0.2) is 34.6 Å². The largest absolute Gasteiger partial charge is 0.497 e. The van der Waals surface area contributed by atoms with Crippen LogP contribution in [0.4, 0.5) is 13.2 Å². The Hall–Kier alpha value is -1.56. The first-order chi connectivity index (χ1) is 11.9. The van der Waals surface area contributed by atoms with E-state index in [1.165, 1.54) is 0 Å². The average molecular weight is 500 g/mol. The van der Waals surface area contributed by atoms with E-state index in [1.807, 2.05) is 24.3 Å². The van der Waals surface area contributed by atoms with Crippen molar-refractivity contribution in [1.82, 2.24) is 15.6 Å². The van der Waals surface area contributed by atoms with Gasteiger partial charge in [-0.1, -0.05) is 12.1 Å². The van der Waals surface area contributed by atoms with E-state index in [0.29, 0.717) is 17.5 Å². The van der Waals surface area contributed by atoms with Gasteiger partial charge < -0.3 is 15.4 Å². The van der Waals surface area contributed by atoms with E-state index in [9.17, 15) is 13.2 Å². The first-order valence-electron chi connectivity index (χ1n) is 7.51. The lowest BCUT2D eigenvalue weighted by molar-refractivity contribution is -0.140. The maximum Gasteiger partial charge on any atom is 0.434 e. The Labute approximate surface area is 171 Å². The molecule has 10 heteroatoms. The first kappa shape index (κ1) is 22.5. The van der Waals surface area contributed by atoms with Crippen LogP contribution in [0.1, 0.15) is 16.3 Å². The smallest absolute Gasteiger partial charge is 0.434 e. The Morgan fingerprint density at radius 2 is 1.92 bits per heavy atom. The Kier molecular flexibility index (Phi) is 9.13. The van der Waals surface area contributed by atoms with Crippen molar-refractivity contribution in [1.29, 1.82) is 0 Å². The summed E-state index contributed by atoms with van der Waals surface area (Å²) in [6.45, 7) is 0.820. The molecule has 2 rings (SSSR count). The summed E-state index contributed by atoms with van der Waals surface area (Å²) in [6.07, 6.45) is -3.63. The normalized spacial score (nSPS) is 11.7. The molecule has 0 saturated carbocycles. The van der Waals surface area contributed by atoms with Crippen molar-refractivity contribution in [2.24, 2.45) is 4.99 Å². The fourth-order valence-corrected chi connectivity index (χ4v) is 2.76. The van der Waals surface area contributed by atoms with Crippen molar-refractivity contribution in [2.45, 2.75) is 19.1 Å². The zero-order valence-corrected chi connectivity index (χ0v) is 17.4. The number of benzene rings is 1. The Morgan fingerprint density at radius 1 is 1.23 bits per heavy atom. The van der Waals surface area contributed by atoms with Gasteiger partial charge in [0.15, 0.2) is 11.7 Å². The predicted molar refractivity (Wildman–Crippen MR) is 107 cm³/mol. The van der Waals surface area contributed by atoms with Crippen molar-refractivity contribution in [3.63, 3.8) is 0 Å². The molecule has 0 fully saturated rings. The van der Waals surface area contributed by atoms with Crippen LogP contribution in [-0.2, 0) is 19.1 Å². The van der Waals surface area contributed by atoms with E-state index in [4.69, 9.17) is 4.74 Å². The van der Waals surface area contributed by atoms with E-state index in [-0.39, 0.29) is 30.5 Å². The molecule has 2 aromatic rings. The SMILES string of the molecule is CN=C(NCCc1ccc(OC)cc1)NCc1nc(C(F)(F)F)cs1.I. The summed E-state index contributed by atoms with van der Waals surface area (Å²) in [6, 6.07) is 7.74. The monoisotopic (exact) mass is 500 g/mol. The van der Waals surface area contributed by atoms with Crippen LogP contribution < -0.4 is 15.4 Å². The van der Waals surface area contributed by atoms with Crippen molar-refractivity contribution in [3.8, 4) is 5.75 Å². The highest BCUT2D eigenvalue weighted by atomic mass is 127. The Bertz CT molecular complexity index is 704. The number of hydrogen-bond donors (Lipinski definition) is 2. The van der Waals surface area contributed by atoms with Gasteiger partial charge in [0.25, 0.3) is 0 Å². The third kappa shape index (κ3) is 6.98. The van der Waals surface area contributed by atoms with Crippen LogP contribution in [0.3, 0.4) is 0 Å². The van der Waals surface area contributed by atoms with Gasteiger partial charge >= 0.3 is 6.18 Å². The molecular weight excluding hydrogens is 480 g/mol. The highest BCUT2D eigenvalue weighted by molar-refractivity contribution is 14.0. The van der Waals surface area contributed by atoms with Gasteiger partial charge in [-0.2, -0.15) is 13.2 Å². The summed E-state index contributed by atoms with van der Waals surface area (Å²) in [5, 5.41) is 7.43.